The number of rotatable bonds is 5. The topological polar surface area (TPSA) is 29.9 Å². The van der Waals surface area contributed by atoms with Crippen LogP contribution in [0.25, 0.3) is 0 Å². The molecule has 0 saturated heterocycles. The molecule has 2 rings (SSSR count). The van der Waals surface area contributed by atoms with Crippen LogP contribution in [0.5, 0.6) is 0 Å². The molecule has 1 heterocycles. The van der Waals surface area contributed by atoms with E-state index in [1.807, 2.05) is 18.7 Å². The predicted molar refractivity (Wildman–Crippen MR) is 99.7 cm³/mol. The lowest BCUT2D eigenvalue weighted by molar-refractivity contribution is 0.525. The first-order chi connectivity index (χ1) is 9.95. The number of aryl methyl sites for hydroxylation is 3. The Morgan fingerprint density at radius 2 is 2.10 bits per heavy atom. The fraction of sp³-hybridized carbons (Fsp3) is 0.438. The summed E-state index contributed by atoms with van der Waals surface area (Å²) in [5.74, 6) is 0. The number of hydrogen-bond donors (Lipinski definition) is 1. The fourth-order valence-corrected chi connectivity index (χ4v) is 3.81. The van der Waals surface area contributed by atoms with Gasteiger partial charge in [0.05, 0.1) is 15.9 Å². The third-order valence-corrected chi connectivity index (χ3v) is 6.21. The van der Waals surface area contributed by atoms with E-state index in [9.17, 15) is 0 Å². The largest absolute Gasteiger partial charge is 0.310 e. The molecule has 0 saturated carbocycles. The molecule has 2 aromatic rings. The number of nitrogens with one attached hydrogen (secondary N) is 1. The molecule has 0 aliphatic heterocycles. The van der Waals surface area contributed by atoms with Crippen molar-refractivity contribution in [3.05, 3.63) is 48.8 Å². The second kappa shape index (κ2) is 7.24. The SMILES string of the molecule is CCNC(Cc1c(Br)c(C)nn1C)c1cccc(C)c1I. The zero-order valence-electron chi connectivity index (χ0n) is 12.9. The third kappa shape index (κ3) is 3.68. The zero-order chi connectivity index (χ0) is 15.6. The summed E-state index contributed by atoms with van der Waals surface area (Å²) in [4.78, 5) is 0. The maximum Gasteiger partial charge on any atom is 0.0738 e. The Bertz CT molecular complexity index is 637. The molecule has 0 radical (unpaired) electrons. The number of aromatic nitrogens is 2. The second-order valence-corrected chi connectivity index (χ2v) is 7.13. The summed E-state index contributed by atoms with van der Waals surface area (Å²) in [6, 6.07) is 6.83. The second-order valence-electron chi connectivity index (χ2n) is 5.26. The van der Waals surface area contributed by atoms with Crippen LogP contribution in [-0.2, 0) is 13.5 Å². The van der Waals surface area contributed by atoms with E-state index in [2.05, 4.69) is 81.0 Å². The van der Waals surface area contributed by atoms with Crippen LogP contribution in [0.3, 0.4) is 0 Å². The van der Waals surface area contributed by atoms with E-state index in [0.29, 0.717) is 6.04 Å². The van der Waals surface area contributed by atoms with Gasteiger partial charge in [-0.1, -0.05) is 25.1 Å². The van der Waals surface area contributed by atoms with E-state index in [4.69, 9.17) is 0 Å². The maximum absolute atomic E-state index is 4.50. The highest BCUT2D eigenvalue weighted by Crippen LogP contribution is 2.29. The Labute approximate surface area is 148 Å². The van der Waals surface area contributed by atoms with Gasteiger partial charge in [0.25, 0.3) is 0 Å². The number of hydrogen-bond acceptors (Lipinski definition) is 2. The van der Waals surface area contributed by atoms with Crippen LogP contribution in [0.2, 0.25) is 0 Å². The van der Waals surface area contributed by atoms with Crippen molar-refractivity contribution in [1.29, 1.82) is 0 Å². The van der Waals surface area contributed by atoms with Gasteiger partial charge in [-0.15, -0.1) is 0 Å². The summed E-state index contributed by atoms with van der Waals surface area (Å²) < 4.78 is 4.44. The summed E-state index contributed by atoms with van der Waals surface area (Å²) in [5.41, 5.74) is 4.97. The van der Waals surface area contributed by atoms with Crippen LogP contribution in [0, 0.1) is 17.4 Å². The van der Waals surface area contributed by atoms with Gasteiger partial charge in [0.15, 0.2) is 0 Å². The normalized spacial score (nSPS) is 12.7. The quantitative estimate of drug-likeness (QED) is 0.673. The highest BCUT2D eigenvalue weighted by atomic mass is 127. The molecule has 1 unspecified atom stereocenters. The molecule has 21 heavy (non-hydrogen) atoms. The van der Waals surface area contributed by atoms with Gasteiger partial charge in [-0.2, -0.15) is 5.10 Å². The Kier molecular flexibility index (Phi) is 5.85. The lowest BCUT2D eigenvalue weighted by atomic mass is 10.00. The molecule has 0 amide bonds. The van der Waals surface area contributed by atoms with Crippen molar-refractivity contribution in [2.24, 2.45) is 7.05 Å². The van der Waals surface area contributed by atoms with Gasteiger partial charge < -0.3 is 5.32 Å². The van der Waals surface area contributed by atoms with Gasteiger partial charge in [0, 0.05) is 23.1 Å². The van der Waals surface area contributed by atoms with Crippen LogP contribution in [-0.4, -0.2) is 16.3 Å². The van der Waals surface area contributed by atoms with Gasteiger partial charge in [-0.25, -0.2) is 0 Å². The summed E-state index contributed by atoms with van der Waals surface area (Å²) in [6.45, 7) is 7.30. The molecule has 0 bridgehead atoms. The minimum absolute atomic E-state index is 0.299. The van der Waals surface area contributed by atoms with Crippen LogP contribution >= 0.6 is 38.5 Å². The standard InChI is InChI=1S/C16H21BrIN3/c1-5-19-13(12-8-6-7-10(2)16(12)18)9-14-15(17)11(3)20-21(14)4/h6-8,13,19H,5,9H2,1-4H3. The van der Waals surface area contributed by atoms with Crippen LogP contribution in [0.1, 0.15) is 35.5 Å². The first kappa shape index (κ1) is 17.0. The summed E-state index contributed by atoms with van der Waals surface area (Å²) in [5, 5.41) is 8.11. The van der Waals surface area contributed by atoms with Gasteiger partial charge in [0.2, 0.25) is 0 Å². The molecular weight excluding hydrogens is 441 g/mol. The Balaban J connectivity index is 2.38. The molecule has 1 aromatic carbocycles. The van der Waals surface area contributed by atoms with E-state index in [1.165, 1.54) is 20.4 Å². The van der Waals surface area contributed by atoms with Crippen molar-refractivity contribution in [2.75, 3.05) is 6.54 Å². The molecule has 1 atom stereocenters. The lowest BCUT2D eigenvalue weighted by Crippen LogP contribution is -2.25. The highest BCUT2D eigenvalue weighted by molar-refractivity contribution is 14.1. The number of halogens is 2. The number of likely N-dealkylation sites (N-methyl/N-ethyl adjacent to an activating group) is 1. The van der Waals surface area contributed by atoms with E-state index >= 15 is 0 Å². The Morgan fingerprint density at radius 3 is 2.67 bits per heavy atom. The van der Waals surface area contributed by atoms with Crippen LogP contribution in [0.4, 0.5) is 0 Å². The van der Waals surface area contributed by atoms with Crippen molar-refractivity contribution < 1.29 is 0 Å². The molecular formula is C16H21BrIN3. The summed E-state index contributed by atoms with van der Waals surface area (Å²) >= 11 is 6.12. The molecule has 5 heteroatoms. The molecule has 0 spiro atoms. The molecule has 114 valence electrons. The smallest absolute Gasteiger partial charge is 0.0738 e. The predicted octanol–water partition coefficient (Wildman–Crippen LogP) is 4.30. The summed E-state index contributed by atoms with van der Waals surface area (Å²) in [6.07, 6.45) is 0.922. The number of nitrogens with zero attached hydrogens (tertiary/aromatic N) is 2. The van der Waals surface area contributed by atoms with E-state index in [-0.39, 0.29) is 0 Å². The van der Waals surface area contributed by atoms with Crippen molar-refractivity contribution in [1.82, 2.24) is 15.1 Å². The van der Waals surface area contributed by atoms with Crippen LogP contribution < -0.4 is 5.32 Å². The van der Waals surface area contributed by atoms with Crippen molar-refractivity contribution in [2.45, 2.75) is 33.2 Å². The third-order valence-electron chi connectivity index (χ3n) is 3.71. The minimum Gasteiger partial charge on any atom is -0.310 e. The average Bonchev–Trinajstić information content (AvgIpc) is 2.68. The average molecular weight is 462 g/mol. The fourth-order valence-electron chi connectivity index (χ4n) is 2.57. The molecule has 1 N–H and O–H groups in total. The lowest BCUT2D eigenvalue weighted by Gasteiger charge is -2.21. The van der Waals surface area contributed by atoms with Crippen molar-refractivity contribution in [3.63, 3.8) is 0 Å². The Morgan fingerprint density at radius 1 is 1.38 bits per heavy atom. The van der Waals surface area contributed by atoms with Gasteiger partial charge in [-0.3, -0.25) is 4.68 Å². The van der Waals surface area contributed by atoms with Gasteiger partial charge >= 0.3 is 0 Å². The zero-order valence-corrected chi connectivity index (χ0v) is 16.6. The maximum atomic E-state index is 4.50. The Hall–Kier alpha value is -0.400. The molecule has 0 aliphatic rings. The molecule has 1 aromatic heterocycles. The van der Waals surface area contributed by atoms with E-state index < -0.39 is 0 Å². The van der Waals surface area contributed by atoms with Crippen LogP contribution in [0.15, 0.2) is 22.7 Å². The van der Waals surface area contributed by atoms with E-state index in [1.54, 1.807) is 0 Å². The summed E-state index contributed by atoms with van der Waals surface area (Å²) in [7, 11) is 2.01. The minimum atomic E-state index is 0.299. The van der Waals surface area contributed by atoms with Gasteiger partial charge in [0.1, 0.15) is 0 Å². The monoisotopic (exact) mass is 461 g/mol. The molecule has 0 aliphatic carbocycles. The highest BCUT2D eigenvalue weighted by Gasteiger charge is 2.19. The molecule has 3 nitrogen and oxygen atoms in total. The first-order valence-corrected chi connectivity index (χ1v) is 8.99. The first-order valence-electron chi connectivity index (χ1n) is 7.12. The van der Waals surface area contributed by atoms with E-state index in [0.717, 1.165) is 23.1 Å². The molecule has 0 fully saturated rings. The van der Waals surface area contributed by atoms with Crippen molar-refractivity contribution >= 4 is 38.5 Å². The number of benzene rings is 1. The van der Waals surface area contributed by atoms with Gasteiger partial charge in [-0.05, 0) is 70.0 Å². The van der Waals surface area contributed by atoms with Crippen molar-refractivity contribution in [3.8, 4) is 0 Å².